The van der Waals surface area contributed by atoms with Crippen LogP contribution < -0.4 is 0 Å². The van der Waals surface area contributed by atoms with Gasteiger partial charge in [0.15, 0.2) is 0 Å². The van der Waals surface area contributed by atoms with Crippen LogP contribution in [-0.4, -0.2) is 4.98 Å². The highest BCUT2D eigenvalue weighted by atomic mass is 19.4. The van der Waals surface area contributed by atoms with E-state index >= 15 is 0 Å². The fourth-order valence-electron chi connectivity index (χ4n) is 1.96. The molecule has 0 saturated carbocycles. The molecule has 0 unspecified atom stereocenters. The number of aromatic nitrogens is 1. The number of alkyl halides is 6. The van der Waals surface area contributed by atoms with Crippen LogP contribution in [0.4, 0.5) is 26.3 Å². The number of hydrogen-bond donors (Lipinski definition) is 0. The first-order valence-corrected chi connectivity index (χ1v) is 6.23. The third-order valence-corrected chi connectivity index (χ3v) is 3.05. The molecule has 120 valence electrons. The number of nitrogens with zero attached hydrogens (tertiary/aromatic N) is 2. The summed E-state index contributed by atoms with van der Waals surface area (Å²) >= 11 is 0. The zero-order chi connectivity index (χ0) is 17.3. The van der Waals surface area contributed by atoms with Crippen LogP contribution in [-0.2, 0) is 18.8 Å². The second-order valence-electron chi connectivity index (χ2n) is 4.64. The standard InChI is InChI=1S/C15H8F6N2/c16-14(17,18)11-3-1-9(2-4-11)13-10(5-6-22)7-12(8-23-13)15(19,20)21/h1-4,7-8H,5H2. The number of pyridine rings is 1. The van der Waals surface area contributed by atoms with Crippen molar-refractivity contribution in [1.29, 1.82) is 5.26 Å². The number of nitriles is 1. The van der Waals surface area contributed by atoms with Gasteiger partial charge in [0, 0.05) is 11.8 Å². The maximum Gasteiger partial charge on any atom is 0.417 e. The minimum absolute atomic E-state index is 0.00193. The molecule has 0 aliphatic carbocycles. The van der Waals surface area contributed by atoms with E-state index in [4.69, 9.17) is 5.26 Å². The van der Waals surface area contributed by atoms with E-state index in [0.29, 0.717) is 6.20 Å². The van der Waals surface area contributed by atoms with Gasteiger partial charge in [-0.15, -0.1) is 0 Å². The van der Waals surface area contributed by atoms with Crippen molar-refractivity contribution in [1.82, 2.24) is 4.98 Å². The molecule has 1 heterocycles. The minimum atomic E-state index is -4.62. The van der Waals surface area contributed by atoms with Crippen molar-refractivity contribution < 1.29 is 26.3 Å². The molecule has 0 fully saturated rings. The van der Waals surface area contributed by atoms with Crippen molar-refractivity contribution in [2.24, 2.45) is 0 Å². The third kappa shape index (κ3) is 3.80. The van der Waals surface area contributed by atoms with Gasteiger partial charge in [-0.2, -0.15) is 31.6 Å². The lowest BCUT2D eigenvalue weighted by Crippen LogP contribution is -2.08. The van der Waals surface area contributed by atoms with E-state index in [0.717, 1.165) is 30.3 Å². The smallest absolute Gasteiger partial charge is 0.255 e. The van der Waals surface area contributed by atoms with Crippen molar-refractivity contribution in [3.05, 3.63) is 53.2 Å². The maximum absolute atomic E-state index is 12.7. The fraction of sp³-hybridized carbons (Fsp3) is 0.200. The summed E-state index contributed by atoms with van der Waals surface area (Å²) in [7, 11) is 0. The highest BCUT2D eigenvalue weighted by molar-refractivity contribution is 5.64. The SMILES string of the molecule is N#CCc1cc(C(F)(F)F)cnc1-c1ccc(C(F)(F)F)cc1. The molecule has 0 saturated heterocycles. The monoisotopic (exact) mass is 330 g/mol. The van der Waals surface area contributed by atoms with E-state index in [-0.39, 0.29) is 23.2 Å². The predicted molar refractivity (Wildman–Crippen MR) is 69.0 cm³/mol. The Balaban J connectivity index is 2.48. The lowest BCUT2D eigenvalue weighted by atomic mass is 10.0. The molecule has 0 aliphatic rings. The van der Waals surface area contributed by atoms with Crippen LogP contribution >= 0.6 is 0 Å². The Labute approximate surface area is 127 Å². The summed E-state index contributed by atoms with van der Waals surface area (Å²) in [6.45, 7) is 0. The number of hydrogen-bond acceptors (Lipinski definition) is 2. The van der Waals surface area contributed by atoms with Gasteiger partial charge in [-0.25, -0.2) is 0 Å². The Hall–Kier alpha value is -2.56. The van der Waals surface area contributed by atoms with Crippen LogP contribution in [0, 0.1) is 11.3 Å². The van der Waals surface area contributed by atoms with Crippen molar-refractivity contribution in [3.8, 4) is 17.3 Å². The summed E-state index contributed by atoms with van der Waals surface area (Å²) in [5.41, 5.74) is -1.64. The van der Waals surface area contributed by atoms with E-state index in [2.05, 4.69) is 4.98 Å². The van der Waals surface area contributed by atoms with Gasteiger partial charge in [0.25, 0.3) is 0 Å². The molecule has 0 spiro atoms. The summed E-state index contributed by atoms with van der Waals surface area (Å²) in [4.78, 5) is 3.67. The first kappa shape index (κ1) is 16.8. The van der Waals surface area contributed by atoms with Gasteiger partial charge in [0.2, 0.25) is 0 Å². The average molecular weight is 330 g/mol. The molecule has 0 atom stereocenters. The quantitative estimate of drug-likeness (QED) is 0.738. The van der Waals surface area contributed by atoms with Crippen molar-refractivity contribution in [2.45, 2.75) is 18.8 Å². The summed E-state index contributed by atoms with van der Waals surface area (Å²) in [5.74, 6) is 0. The largest absolute Gasteiger partial charge is 0.417 e. The molecule has 0 aliphatic heterocycles. The first-order chi connectivity index (χ1) is 10.6. The fourth-order valence-corrected chi connectivity index (χ4v) is 1.96. The van der Waals surface area contributed by atoms with Gasteiger partial charge < -0.3 is 0 Å². The van der Waals surface area contributed by atoms with E-state index in [1.54, 1.807) is 6.07 Å². The summed E-state index contributed by atoms with van der Waals surface area (Å²) < 4.78 is 75.6. The van der Waals surface area contributed by atoms with Crippen LogP contribution in [0.5, 0.6) is 0 Å². The average Bonchev–Trinajstić information content (AvgIpc) is 2.46. The van der Waals surface area contributed by atoms with Crippen LogP contribution in [0.3, 0.4) is 0 Å². The Morgan fingerprint density at radius 3 is 1.96 bits per heavy atom. The minimum Gasteiger partial charge on any atom is -0.255 e. The molecule has 8 heteroatoms. The third-order valence-electron chi connectivity index (χ3n) is 3.05. The van der Waals surface area contributed by atoms with Gasteiger partial charge in [-0.3, -0.25) is 4.98 Å². The Morgan fingerprint density at radius 2 is 1.48 bits per heavy atom. The highest BCUT2D eigenvalue weighted by Crippen LogP contribution is 2.34. The molecule has 2 rings (SSSR count). The van der Waals surface area contributed by atoms with Gasteiger partial charge in [0.1, 0.15) is 0 Å². The Morgan fingerprint density at radius 1 is 0.913 bits per heavy atom. The number of rotatable bonds is 2. The van der Waals surface area contributed by atoms with E-state index in [1.165, 1.54) is 0 Å². The summed E-state index contributed by atoms with van der Waals surface area (Å²) in [6, 6.07) is 6.34. The number of benzene rings is 1. The van der Waals surface area contributed by atoms with Gasteiger partial charge >= 0.3 is 12.4 Å². The molecule has 2 nitrogen and oxygen atoms in total. The van der Waals surface area contributed by atoms with Crippen LogP contribution in [0.2, 0.25) is 0 Å². The zero-order valence-corrected chi connectivity index (χ0v) is 11.3. The van der Waals surface area contributed by atoms with Crippen molar-refractivity contribution in [2.75, 3.05) is 0 Å². The maximum atomic E-state index is 12.7. The van der Waals surface area contributed by atoms with Crippen LogP contribution in [0.1, 0.15) is 16.7 Å². The lowest BCUT2D eigenvalue weighted by molar-refractivity contribution is -0.138. The van der Waals surface area contributed by atoms with Gasteiger partial charge in [-0.05, 0) is 23.8 Å². The molecule has 0 N–H and O–H groups in total. The second-order valence-corrected chi connectivity index (χ2v) is 4.64. The number of halogens is 6. The molecule has 0 amide bonds. The van der Waals surface area contributed by atoms with E-state index in [1.807, 2.05) is 0 Å². The molecular formula is C15H8F6N2. The summed E-state index contributed by atoms with van der Waals surface area (Å²) in [5, 5.41) is 8.73. The Kier molecular flexibility index (Phi) is 4.32. The van der Waals surface area contributed by atoms with E-state index < -0.39 is 23.5 Å². The van der Waals surface area contributed by atoms with Crippen molar-refractivity contribution >= 4 is 0 Å². The molecule has 2 aromatic rings. The molecule has 1 aromatic heterocycles. The van der Waals surface area contributed by atoms with Crippen molar-refractivity contribution in [3.63, 3.8) is 0 Å². The normalized spacial score (nSPS) is 12.0. The molecule has 1 aromatic carbocycles. The summed E-state index contributed by atoms with van der Waals surface area (Å²) in [6.07, 6.45) is -8.88. The topological polar surface area (TPSA) is 36.7 Å². The molecule has 23 heavy (non-hydrogen) atoms. The molecular weight excluding hydrogens is 322 g/mol. The lowest BCUT2D eigenvalue weighted by Gasteiger charge is -2.12. The zero-order valence-electron chi connectivity index (χ0n) is 11.3. The van der Waals surface area contributed by atoms with E-state index in [9.17, 15) is 26.3 Å². The molecule has 0 radical (unpaired) electrons. The van der Waals surface area contributed by atoms with Gasteiger partial charge in [0.05, 0.1) is 29.3 Å². The highest BCUT2D eigenvalue weighted by Gasteiger charge is 2.32. The van der Waals surface area contributed by atoms with Crippen LogP contribution in [0.25, 0.3) is 11.3 Å². The van der Waals surface area contributed by atoms with Gasteiger partial charge in [-0.1, -0.05) is 12.1 Å². The Bertz CT molecular complexity index is 739. The second kappa shape index (κ2) is 5.91. The molecule has 0 bridgehead atoms. The predicted octanol–water partition coefficient (Wildman–Crippen LogP) is 4.85. The van der Waals surface area contributed by atoms with Crippen LogP contribution in [0.15, 0.2) is 36.5 Å². The first-order valence-electron chi connectivity index (χ1n) is 6.23.